The molecule has 1 amide bonds. The maximum Gasteiger partial charge on any atom is 0.242 e. The van der Waals surface area contributed by atoms with Crippen LogP contribution >= 0.6 is 11.6 Å². The van der Waals surface area contributed by atoms with Gasteiger partial charge >= 0.3 is 0 Å². The van der Waals surface area contributed by atoms with E-state index in [-0.39, 0.29) is 5.91 Å². The number of carbonyl (C=O) groups is 1. The lowest BCUT2D eigenvalue weighted by atomic mass is 9.77. The lowest BCUT2D eigenvalue weighted by Gasteiger charge is -2.26. The Balaban J connectivity index is 1.85. The molecule has 1 unspecified atom stereocenters. The van der Waals surface area contributed by atoms with Crippen LogP contribution in [-0.2, 0) is 16.8 Å². The largest absolute Gasteiger partial charge is 0.497 e. The van der Waals surface area contributed by atoms with Gasteiger partial charge in [0.2, 0.25) is 5.91 Å². The Bertz CT molecular complexity index is 1150. The Morgan fingerprint density at radius 3 is 2.23 bits per heavy atom. The number of anilines is 1. The van der Waals surface area contributed by atoms with Crippen molar-refractivity contribution in [3.8, 4) is 17.2 Å². The molecule has 0 bridgehead atoms. The third kappa shape index (κ3) is 3.39. The molecule has 5 nitrogen and oxygen atoms in total. The zero-order chi connectivity index (χ0) is 22.2. The number of nitrogens with zero attached hydrogens (tertiary/aromatic N) is 1. The number of methoxy groups -OCH3 is 3. The summed E-state index contributed by atoms with van der Waals surface area (Å²) in [5.41, 5.74) is 2.38. The molecule has 0 aromatic heterocycles. The highest BCUT2D eigenvalue weighted by atomic mass is 35.5. The first kappa shape index (κ1) is 21.1. The molecule has 0 spiro atoms. The van der Waals surface area contributed by atoms with Crippen LogP contribution in [0.3, 0.4) is 0 Å². The minimum atomic E-state index is -0.943. The molecule has 0 radical (unpaired) electrons. The van der Waals surface area contributed by atoms with Crippen LogP contribution in [0.1, 0.15) is 23.6 Å². The molecule has 3 aromatic carbocycles. The number of hydrogen-bond donors (Lipinski definition) is 0. The monoisotopic (exact) mass is 437 g/mol. The highest BCUT2D eigenvalue weighted by molar-refractivity contribution is 6.32. The van der Waals surface area contributed by atoms with E-state index < -0.39 is 5.41 Å². The van der Waals surface area contributed by atoms with Crippen molar-refractivity contribution in [2.75, 3.05) is 26.2 Å². The lowest BCUT2D eigenvalue weighted by Crippen LogP contribution is -2.39. The second-order valence-corrected chi connectivity index (χ2v) is 7.96. The van der Waals surface area contributed by atoms with Gasteiger partial charge in [0.25, 0.3) is 0 Å². The third-order valence-corrected chi connectivity index (χ3v) is 6.27. The van der Waals surface area contributed by atoms with Crippen molar-refractivity contribution < 1.29 is 19.0 Å². The van der Waals surface area contributed by atoms with E-state index in [9.17, 15) is 4.79 Å². The van der Waals surface area contributed by atoms with Crippen LogP contribution in [0.4, 0.5) is 5.69 Å². The zero-order valence-corrected chi connectivity index (χ0v) is 18.7. The number of amides is 1. The Labute approximate surface area is 187 Å². The summed E-state index contributed by atoms with van der Waals surface area (Å²) in [6, 6.07) is 18.8. The molecule has 1 heterocycles. The Morgan fingerprint density at radius 1 is 0.871 bits per heavy atom. The van der Waals surface area contributed by atoms with Gasteiger partial charge < -0.3 is 19.1 Å². The minimum Gasteiger partial charge on any atom is -0.497 e. The van der Waals surface area contributed by atoms with E-state index in [0.717, 1.165) is 22.4 Å². The van der Waals surface area contributed by atoms with E-state index in [2.05, 4.69) is 0 Å². The number of fused-ring (bicyclic) bond motifs is 1. The number of ether oxygens (including phenoxy) is 3. The molecule has 1 aliphatic rings. The predicted molar refractivity (Wildman–Crippen MR) is 122 cm³/mol. The summed E-state index contributed by atoms with van der Waals surface area (Å²) in [5, 5.41) is 0.552. The Kier molecular flexibility index (Phi) is 5.54. The molecule has 3 aromatic rings. The molecule has 0 aliphatic carbocycles. The van der Waals surface area contributed by atoms with Gasteiger partial charge in [0, 0.05) is 22.3 Å². The maximum atomic E-state index is 13.9. The standard InChI is InChI=1S/C25H24ClNO4/c1-25(19-7-5-6-8-21(19)26)20-13-17(29-2)11-12-22(20)27(24(25)28)15-16-9-10-18(30-3)14-23(16)31-4/h5-14H,15H2,1-4H3. The third-order valence-electron chi connectivity index (χ3n) is 5.94. The molecule has 0 N–H and O–H groups in total. The van der Waals surface area contributed by atoms with Crippen LogP contribution < -0.4 is 19.1 Å². The molecule has 0 fully saturated rings. The Hall–Kier alpha value is -3.18. The Morgan fingerprint density at radius 2 is 1.55 bits per heavy atom. The first-order valence-corrected chi connectivity index (χ1v) is 10.3. The number of rotatable bonds is 6. The van der Waals surface area contributed by atoms with E-state index in [1.54, 1.807) is 26.2 Å². The molecular weight excluding hydrogens is 414 g/mol. The molecule has 1 atom stereocenters. The zero-order valence-electron chi connectivity index (χ0n) is 17.9. The van der Waals surface area contributed by atoms with Gasteiger partial charge in [0.1, 0.15) is 22.7 Å². The van der Waals surface area contributed by atoms with E-state index in [1.807, 2.05) is 67.6 Å². The summed E-state index contributed by atoms with van der Waals surface area (Å²) in [4.78, 5) is 15.7. The van der Waals surface area contributed by atoms with E-state index >= 15 is 0 Å². The van der Waals surface area contributed by atoms with Crippen LogP contribution in [0.2, 0.25) is 5.02 Å². The summed E-state index contributed by atoms with van der Waals surface area (Å²) >= 11 is 6.55. The second-order valence-electron chi connectivity index (χ2n) is 7.56. The number of hydrogen-bond acceptors (Lipinski definition) is 4. The highest BCUT2D eigenvalue weighted by Crippen LogP contribution is 2.49. The van der Waals surface area contributed by atoms with Crippen molar-refractivity contribution in [2.45, 2.75) is 18.9 Å². The van der Waals surface area contributed by atoms with Crippen molar-refractivity contribution in [3.05, 3.63) is 82.4 Å². The van der Waals surface area contributed by atoms with Crippen LogP contribution in [0.5, 0.6) is 17.2 Å². The summed E-state index contributed by atoms with van der Waals surface area (Å²) in [7, 11) is 4.83. The van der Waals surface area contributed by atoms with Crippen molar-refractivity contribution in [3.63, 3.8) is 0 Å². The lowest BCUT2D eigenvalue weighted by molar-refractivity contribution is -0.121. The summed E-state index contributed by atoms with van der Waals surface area (Å²) in [5.74, 6) is 1.99. The van der Waals surface area contributed by atoms with Gasteiger partial charge in [-0.2, -0.15) is 0 Å². The molecule has 1 aliphatic heterocycles. The summed E-state index contributed by atoms with van der Waals surface area (Å²) in [6.45, 7) is 2.27. The van der Waals surface area contributed by atoms with Gasteiger partial charge in [-0.1, -0.05) is 29.8 Å². The predicted octanol–water partition coefficient (Wildman–Crippen LogP) is 5.22. The van der Waals surface area contributed by atoms with Crippen LogP contribution in [0.15, 0.2) is 60.7 Å². The fourth-order valence-corrected chi connectivity index (χ4v) is 4.53. The van der Waals surface area contributed by atoms with Crippen molar-refractivity contribution >= 4 is 23.2 Å². The number of halogens is 1. The summed E-state index contributed by atoms with van der Waals surface area (Å²) < 4.78 is 16.3. The van der Waals surface area contributed by atoms with Gasteiger partial charge in [-0.3, -0.25) is 4.79 Å². The molecule has 0 saturated carbocycles. The normalized spacial score (nSPS) is 17.5. The van der Waals surface area contributed by atoms with E-state index in [0.29, 0.717) is 28.8 Å². The van der Waals surface area contributed by atoms with Crippen LogP contribution in [0, 0.1) is 0 Å². The smallest absolute Gasteiger partial charge is 0.242 e. The molecule has 0 saturated heterocycles. The van der Waals surface area contributed by atoms with Gasteiger partial charge in [0.15, 0.2) is 0 Å². The van der Waals surface area contributed by atoms with Crippen molar-refractivity contribution in [1.82, 2.24) is 0 Å². The van der Waals surface area contributed by atoms with Crippen molar-refractivity contribution in [1.29, 1.82) is 0 Å². The SMILES string of the molecule is COc1ccc(CN2C(=O)C(C)(c3ccccc3Cl)c3cc(OC)ccc32)c(OC)c1. The molecular formula is C25H24ClNO4. The van der Waals surface area contributed by atoms with Crippen molar-refractivity contribution in [2.24, 2.45) is 0 Å². The topological polar surface area (TPSA) is 48.0 Å². The first-order chi connectivity index (χ1) is 14.9. The number of carbonyl (C=O) groups excluding carboxylic acids is 1. The molecule has 31 heavy (non-hydrogen) atoms. The van der Waals surface area contributed by atoms with Crippen LogP contribution in [-0.4, -0.2) is 27.2 Å². The van der Waals surface area contributed by atoms with Gasteiger partial charge in [-0.15, -0.1) is 0 Å². The average Bonchev–Trinajstić information content (AvgIpc) is 3.01. The minimum absolute atomic E-state index is 0.0540. The highest BCUT2D eigenvalue weighted by Gasteiger charge is 2.49. The quantitative estimate of drug-likeness (QED) is 0.530. The van der Waals surface area contributed by atoms with E-state index in [4.69, 9.17) is 25.8 Å². The van der Waals surface area contributed by atoms with E-state index in [1.165, 1.54) is 0 Å². The maximum absolute atomic E-state index is 13.9. The van der Waals surface area contributed by atoms with Gasteiger partial charge in [-0.05, 0) is 54.4 Å². The first-order valence-electron chi connectivity index (χ1n) is 9.90. The summed E-state index contributed by atoms with van der Waals surface area (Å²) in [6.07, 6.45) is 0. The van der Waals surface area contributed by atoms with Gasteiger partial charge in [0.05, 0.1) is 27.9 Å². The van der Waals surface area contributed by atoms with Gasteiger partial charge in [-0.25, -0.2) is 0 Å². The average molecular weight is 438 g/mol. The number of benzene rings is 3. The second kappa shape index (κ2) is 8.16. The fourth-order valence-electron chi connectivity index (χ4n) is 4.21. The molecule has 6 heteroatoms. The molecule has 4 rings (SSSR count). The van der Waals surface area contributed by atoms with Crippen LogP contribution in [0.25, 0.3) is 0 Å². The molecule has 160 valence electrons. The fraction of sp³-hybridized carbons (Fsp3) is 0.240.